The van der Waals surface area contributed by atoms with Crippen LogP contribution in [0.15, 0.2) is 40.0 Å². The molecule has 4 aliphatic carbocycles. The second kappa shape index (κ2) is 5.56. The predicted molar refractivity (Wildman–Crippen MR) is 101 cm³/mol. The van der Waals surface area contributed by atoms with Gasteiger partial charge in [-0.1, -0.05) is 6.07 Å². The second-order valence-electron chi connectivity index (χ2n) is 8.78. The molecule has 0 amide bonds. The molecular weight excluding hydrogens is 378 g/mol. The summed E-state index contributed by atoms with van der Waals surface area (Å²) < 4.78 is 35.1. The number of rotatable bonds is 4. The summed E-state index contributed by atoms with van der Waals surface area (Å²) in [6.07, 6.45) is 9.49. The molecule has 4 bridgehead atoms. The van der Waals surface area contributed by atoms with Crippen molar-refractivity contribution in [2.24, 2.45) is 17.8 Å². The van der Waals surface area contributed by atoms with Crippen LogP contribution in [0, 0.1) is 17.8 Å². The molecule has 146 valence electrons. The van der Waals surface area contributed by atoms with Crippen LogP contribution in [0.2, 0.25) is 0 Å². The summed E-state index contributed by atoms with van der Waals surface area (Å²) in [6, 6.07) is 6.52. The van der Waals surface area contributed by atoms with Gasteiger partial charge in [-0.2, -0.15) is 5.10 Å². The van der Waals surface area contributed by atoms with Crippen molar-refractivity contribution < 1.29 is 13.0 Å². The fourth-order valence-electron chi connectivity index (χ4n) is 6.18. The van der Waals surface area contributed by atoms with Gasteiger partial charge in [-0.25, -0.2) is 13.0 Å². The van der Waals surface area contributed by atoms with E-state index >= 15 is 0 Å². The van der Waals surface area contributed by atoms with Crippen LogP contribution >= 0.6 is 0 Å². The van der Waals surface area contributed by atoms with E-state index in [4.69, 9.17) is 0 Å². The van der Waals surface area contributed by atoms with Crippen LogP contribution in [0.4, 0.5) is 5.82 Å². The highest BCUT2D eigenvalue weighted by Gasteiger charge is 2.52. The third-order valence-electron chi connectivity index (χ3n) is 6.86. The summed E-state index contributed by atoms with van der Waals surface area (Å²) >= 11 is 0. The van der Waals surface area contributed by atoms with E-state index in [0.29, 0.717) is 11.3 Å². The molecule has 8 nitrogen and oxygen atoms in total. The Balaban J connectivity index is 1.31. The van der Waals surface area contributed by atoms with Crippen LogP contribution in [-0.2, 0) is 15.6 Å². The van der Waals surface area contributed by atoms with E-state index in [1.54, 1.807) is 18.2 Å². The Morgan fingerprint density at radius 3 is 2.46 bits per heavy atom. The average Bonchev–Trinajstić information content (AvgIpc) is 3.29. The summed E-state index contributed by atoms with van der Waals surface area (Å²) in [7, 11) is -3.84. The fraction of sp³-hybridized carbons (Fsp3) is 0.526. The van der Waals surface area contributed by atoms with Crippen LogP contribution < -0.4 is 4.72 Å². The second-order valence-corrected chi connectivity index (χ2v) is 10.4. The van der Waals surface area contributed by atoms with Gasteiger partial charge in [-0.15, -0.1) is 0 Å². The Morgan fingerprint density at radius 2 is 1.75 bits per heavy atom. The van der Waals surface area contributed by atoms with Crippen molar-refractivity contribution in [3.63, 3.8) is 0 Å². The Labute approximate surface area is 162 Å². The zero-order valence-corrected chi connectivity index (χ0v) is 16.1. The van der Waals surface area contributed by atoms with Gasteiger partial charge in [0.25, 0.3) is 10.0 Å². The first-order chi connectivity index (χ1) is 13.5. The van der Waals surface area contributed by atoms with E-state index in [-0.39, 0.29) is 16.0 Å². The number of hydrogen-bond donors (Lipinski definition) is 1. The fourth-order valence-corrected chi connectivity index (χ4v) is 7.33. The van der Waals surface area contributed by atoms with Crippen LogP contribution in [0.25, 0.3) is 11.0 Å². The van der Waals surface area contributed by atoms with E-state index in [9.17, 15) is 8.42 Å². The standard InChI is InChI=1S/C19H21N5O3S/c25-28(26,16-3-1-2-15-18(16)22-27-21-15)23-17-4-5-24(20-17)19-9-12-6-13(10-19)8-14(7-12)11-19/h1-5,12-14H,6-11H2,(H,20,23). The molecule has 7 rings (SSSR count). The van der Waals surface area contributed by atoms with E-state index in [0.717, 1.165) is 37.0 Å². The lowest BCUT2D eigenvalue weighted by atomic mass is 9.53. The Morgan fingerprint density at radius 1 is 1.04 bits per heavy atom. The van der Waals surface area contributed by atoms with E-state index in [1.807, 2.05) is 10.9 Å². The van der Waals surface area contributed by atoms with Gasteiger partial charge in [-0.05, 0) is 78.7 Å². The number of nitrogens with one attached hydrogen (secondary N) is 1. The van der Waals surface area contributed by atoms with Gasteiger partial charge in [0.05, 0.1) is 5.54 Å². The lowest BCUT2D eigenvalue weighted by molar-refractivity contribution is -0.0492. The molecule has 4 saturated carbocycles. The number of aromatic nitrogens is 4. The smallest absolute Gasteiger partial charge is 0.264 e. The average molecular weight is 399 g/mol. The van der Waals surface area contributed by atoms with E-state index in [2.05, 4.69) is 24.8 Å². The molecule has 0 saturated heterocycles. The zero-order chi connectivity index (χ0) is 18.9. The minimum Gasteiger partial charge on any atom is -0.264 e. The minimum atomic E-state index is -3.84. The molecule has 3 aromatic rings. The number of nitrogens with zero attached hydrogens (tertiary/aromatic N) is 4. The van der Waals surface area contributed by atoms with Crippen molar-refractivity contribution in [1.29, 1.82) is 0 Å². The van der Waals surface area contributed by atoms with Gasteiger partial charge in [0.2, 0.25) is 0 Å². The van der Waals surface area contributed by atoms with Gasteiger partial charge in [0.15, 0.2) is 11.3 Å². The zero-order valence-electron chi connectivity index (χ0n) is 15.3. The maximum absolute atomic E-state index is 12.9. The monoisotopic (exact) mass is 399 g/mol. The van der Waals surface area contributed by atoms with Crippen molar-refractivity contribution in [1.82, 2.24) is 20.1 Å². The number of benzene rings is 1. The number of sulfonamides is 1. The minimum absolute atomic E-state index is 0.0376. The maximum atomic E-state index is 12.9. The Bertz CT molecular complexity index is 1130. The topological polar surface area (TPSA) is 103 Å². The van der Waals surface area contributed by atoms with Crippen LogP contribution in [0.1, 0.15) is 38.5 Å². The van der Waals surface area contributed by atoms with Crippen molar-refractivity contribution >= 4 is 26.9 Å². The first kappa shape index (κ1) is 16.5. The first-order valence-electron chi connectivity index (χ1n) is 9.81. The predicted octanol–water partition coefficient (Wildman–Crippen LogP) is 3.15. The molecule has 9 heteroatoms. The van der Waals surface area contributed by atoms with Crippen LogP contribution in [0.3, 0.4) is 0 Å². The molecule has 28 heavy (non-hydrogen) atoms. The highest BCUT2D eigenvalue weighted by molar-refractivity contribution is 7.93. The molecule has 0 atom stereocenters. The number of fused-ring (bicyclic) bond motifs is 1. The quantitative estimate of drug-likeness (QED) is 0.723. The van der Waals surface area contributed by atoms with Crippen LogP contribution in [-0.4, -0.2) is 28.5 Å². The van der Waals surface area contributed by atoms with Crippen molar-refractivity contribution in [3.8, 4) is 0 Å². The lowest BCUT2D eigenvalue weighted by Crippen LogP contribution is -2.52. The van der Waals surface area contributed by atoms with Gasteiger partial charge >= 0.3 is 0 Å². The Kier molecular flexibility index (Phi) is 3.28. The normalized spacial score (nSPS) is 31.5. The summed E-state index contributed by atoms with van der Waals surface area (Å²) in [6.45, 7) is 0. The molecular formula is C19H21N5O3S. The summed E-state index contributed by atoms with van der Waals surface area (Å²) in [5, 5.41) is 12.1. The lowest BCUT2D eigenvalue weighted by Gasteiger charge is -2.56. The van der Waals surface area contributed by atoms with E-state index < -0.39 is 10.0 Å². The molecule has 1 N–H and O–H groups in total. The largest absolute Gasteiger partial charge is 0.265 e. The van der Waals surface area contributed by atoms with Crippen LogP contribution in [0.5, 0.6) is 0 Å². The number of anilines is 1. The molecule has 0 spiro atoms. The Hall–Kier alpha value is -2.42. The van der Waals surface area contributed by atoms with E-state index in [1.165, 1.54) is 25.3 Å². The summed E-state index contributed by atoms with van der Waals surface area (Å²) in [4.78, 5) is 0.0376. The molecule has 0 aliphatic heterocycles. The highest BCUT2D eigenvalue weighted by atomic mass is 32.2. The third-order valence-corrected chi connectivity index (χ3v) is 8.24. The molecule has 2 heterocycles. The van der Waals surface area contributed by atoms with Gasteiger partial charge in [0, 0.05) is 12.3 Å². The van der Waals surface area contributed by atoms with Gasteiger partial charge < -0.3 is 0 Å². The molecule has 1 aromatic carbocycles. The first-order valence-corrected chi connectivity index (χ1v) is 11.3. The molecule has 2 aromatic heterocycles. The highest BCUT2D eigenvalue weighted by Crippen LogP contribution is 2.58. The molecule has 4 fully saturated rings. The maximum Gasteiger partial charge on any atom is 0.265 e. The van der Waals surface area contributed by atoms with Crippen molar-refractivity contribution in [3.05, 3.63) is 30.5 Å². The summed E-state index contributed by atoms with van der Waals surface area (Å²) in [5.41, 5.74) is 0.687. The van der Waals surface area contributed by atoms with Gasteiger partial charge in [0.1, 0.15) is 10.4 Å². The molecule has 0 radical (unpaired) electrons. The van der Waals surface area contributed by atoms with Crippen molar-refractivity contribution in [2.75, 3.05) is 4.72 Å². The van der Waals surface area contributed by atoms with Gasteiger partial charge in [-0.3, -0.25) is 9.40 Å². The molecule has 0 unspecified atom stereocenters. The third kappa shape index (κ3) is 2.41. The number of hydrogen-bond acceptors (Lipinski definition) is 6. The van der Waals surface area contributed by atoms with Crippen molar-refractivity contribution in [2.45, 2.75) is 49.0 Å². The SMILES string of the molecule is O=S(=O)(Nc1ccn(C23CC4CC(CC(C4)C2)C3)n1)c1cccc2nonc12. The molecule has 4 aliphatic rings. The summed E-state index contributed by atoms with van der Waals surface area (Å²) in [5.74, 6) is 2.73.